The first-order valence-electron chi connectivity index (χ1n) is 4.30. The highest BCUT2D eigenvalue weighted by atomic mass is 16.3. The van der Waals surface area contributed by atoms with E-state index in [1.165, 1.54) is 0 Å². The van der Waals surface area contributed by atoms with Gasteiger partial charge in [0.1, 0.15) is 0 Å². The smallest absolute Gasteiger partial charge is 0.315 e. The highest BCUT2D eigenvalue weighted by Crippen LogP contribution is 2.03. The van der Waals surface area contributed by atoms with Crippen molar-refractivity contribution < 1.29 is 9.90 Å². The van der Waals surface area contributed by atoms with Crippen LogP contribution in [0.25, 0.3) is 0 Å². The first-order valence-corrected chi connectivity index (χ1v) is 4.30. The first kappa shape index (κ1) is 11.2. The molecule has 1 atom stereocenters. The Labute approximate surface area is 73.3 Å². The van der Waals surface area contributed by atoms with Gasteiger partial charge in [-0.3, -0.25) is 0 Å². The van der Waals surface area contributed by atoms with Gasteiger partial charge in [0.05, 0.1) is 0 Å². The minimum atomic E-state index is -0.405. The van der Waals surface area contributed by atoms with E-state index >= 15 is 0 Å². The van der Waals surface area contributed by atoms with Crippen LogP contribution in [0.1, 0.15) is 26.7 Å². The third-order valence-electron chi connectivity index (χ3n) is 1.96. The number of hydrogen-bond acceptors (Lipinski definition) is 2. The molecule has 4 heteroatoms. The molecular weight excluding hydrogens is 156 g/mol. The summed E-state index contributed by atoms with van der Waals surface area (Å²) in [6, 6.07) is -0.244. The highest BCUT2D eigenvalue weighted by Gasteiger charge is 2.14. The lowest BCUT2D eigenvalue weighted by atomic mass is 10.2. The summed E-state index contributed by atoms with van der Waals surface area (Å²) in [5.74, 6) is 0. The summed E-state index contributed by atoms with van der Waals surface area (Å²) in [7, 11) is 0. The summed E-state index contributed by atoms with van der Waals surface area (Å²) in [4.78, 5) is 12.5. The van der Waals surface area contributed by atoms with Gasteiger partial charge in [-0.05, 0) is 19.8 Å². The van der Waals surface area contributed by atoms with Crippen molar-refractivity contribution in [2.75, 3.05) is 13.2 Å². The zero-order valence-electron chi connectivity index (χ0n) is 7.79. The molecule has 3 N–H and O–H groups in total. The fraction of sp³-hybridized carbons (Fsp3) is 0.875. The predicted molar refractivity (Wildman–Crippen MR) is 47.7 cm³/mol. The second kappa shape index (κ2) is 5.83. The lowest BCUT2D eigenvalue weighted by Crippen LogP contribution is -2.42. The van der Waals surface area contributed by atoms with Crippen LogP contribution in [0.4, 0.5) is 4.79 Å². The summed E-state index contributed by atoms with van der Waals surface area (Å²) >= 11 is 0. The third kappa shape index (κ3) is 3.57. The van der Waals surface area contributed by atoms with Crippen molar-refractivity contribution in [3.8, 4) is 0 Å². The summed E-state index contributed by atoms with van der Waals surface area (Å²) in [5, 5.41) is 8.57. The van der Waals surface area contributed by atoms with E-state index in [4.69, 9.17) is 10.8 Å². The summed E-state index contributed by atoms with van der Waals surface area (Å²) in [5.41, 5.74) is 5.16. The molecule has 12 heavy (non-hydrogen) atoms. The van der Waals surface area contributed by atoms with E-state index in [0.29, 0.717) is 13.0 Å². The SMILES string of the molecule is CCC(C)N(CCCO)C(N)=O. The van der Waals surface area contributed by atoms with E-state index in [-0.39, 0.29) is 12.6 Å². The van der Waals surface area contributed by atoms with Crippen LogP contribution in [0.3, 0.4) is 0 Å². The zero-order chi connectivity index (χ0) is 9.56. The monoisotopic (exact) mass is 174 g/mol. The minimum absolute atomic E-state index is 0.0974. The summed E-state index contributed by atoms with van der Waals surface area (Å²) < 4.78 is 0. The maximum Gasteiger partial charge on any atom is 0.315 e. The Morgan fingerprint density at radius 1 is 1.67 bits per heavy atom. The van der Waals surface area contributed by atoms with Crippen molar-refractivity contribution in [1.29, 1.82) is 0 Å². The van der Waals surface area contributed by atoms with Crippen LogP contribution in [0, 0.1) is 0 Å². The largest absolute Gasteiger partial charge is 0.396 e. The van der Waals surface area contributed by atoms with E-state index in [1.807, 2.05) is 13.8 Å². The highest BCUT2D eigenvalue weighted by molar-refractivity contribution is 5.72. The van der Waals surface area contributed by atoms with Gasteiger partial charge in [0.2, 0.25) is 0 Å². The number of aliphatic hydroxyl groups excluding tert-OH is 1. The number of carbonyl (C=O) groups is 1. The molecule has 1 unspecified atom stereocenters. The zero-order valence-corrected chi connectivity index (χ0v) is 7.79. The molecule has 0 saturated heterocycles. The molecule has 4 nitrogen and oxygen atoms in total. The Morgan fingerprint density at radius 2 is 2.25 bits per heavy atom. The fourth-order valence-corrected chi connectivity index (χ4v) is 1.01. The second-order valence-corrected chi connectivity index (χ2v) is 2.87. The number of primary amides is 1. The van der Waals surface area contributed by atoms with E-state index < -0.39 is 6.03 Å². The molecule has 0 aliphatic heterocycles. The van der Waals surface area contributed by atoms with Gasteiger partial charge in [-0.1, -0.05) is 6.92 Å². The number of nitrogens with zero attached hydrogens (tertiary/aromatic N) is 1. The molecule has 2 amide bonds. The van der Waals surface area contributed by atoms with Crippen LogP contribution >= 0.6 is 0 Å². The summed E-state index contributed by atoms with van der Waals surface area (Å²) in [6.45, 7) is 4.59. The lowest BCUT2D eigenvalue weighted by molar-refractivity contribution is 0.176. The predicted octanol–water partition coefficient (Wildman–Crippen LogP) is 0.548. The molecule has 0 aromatic carbocycles. The Bertz CT molecular complexity index is 139. The maximum atomic E-state index is 10.9. The van der Waals surface area contributed by atoms with Crippen LogP contribution in [-0.2, 0) is 0 Å². The molecule has 0 aliphatic rings. The first-order chi connectivity index (χ1) is 5.63. The van der Waals surface area contributed by atoms with E-state index in [1.54, 1.807) is 4.90 Å². The van der Waals surface area contributed by atoms with Gasteiger partial charge in [0.15, 0.2) is 0 Å². The Balaban J connectivity index is 3.94. The average molecular weight is 174 g/mol. The van der Waals surface area contributed by atoms with Gasteiger partial charge in [0.25, 0.3) is 0 Å². The molecule has 0 saturated carbocycles. The standard InChI is InChI=1S/C8H18N2O2/c1-3-7(2)10(8(9)12)5-4-6-11/h7,11H,3-6H2,1-2H3,(H2,9,12). The molecule has 0 rings (SSSR count). The van der Waals surface area contributed by atoms with Crippen molar-refractivity contribution in [2.24, 2.45) is 5.73 Å². The fourth-order valence-electron chi connectivity index (χ4n) is 1.01. The van der Waals surface area contributed by atoms with Gasteiger partial charge in [-0.2, -0.15) is 0 Å². The van der Waals surface area contributed by atoms with Crippen molar-refractivity contribution in [3.63, 3.8) is 0 Å². The molecule has 0 bridgehead atoms. The van der Waals surface area contributed by atoms with Crippen molar-refractivity contribution in [1.82, 2.24) is 4.90 Å². The molecular formula is C8H18N2O2. The van der Waals surface area contributed by atoms with Gasteiger partial charge in [-0.15, -0.1) is 0 Å². The molecule has 0 aromatic heterocycles. The molecule has 0 spiro atoms. The van der Waals surface area contributed by atoms with E-state index in [0.717, 1.165) is 6.42 Å². The maximum absolute atomic E-state index is 10.9. The number of nitrogens with two attached hydrogens (primary N) is 1. The molecule has 0 aliphatic carbocycles. The lowest BCUT2D eigenvalue weighted by Gasteiger charge is -2.26. The van der Waals surface area contributed by atoms with E-state index in [2.05, 4.69) is 0 Å². The quantitative estimate of drug-likeness (QED) is 0.639. The molecule has 72 valence electrons. The van der Waals surface area contributed by atoms with E-state index in [9.17, 15) is 4.79 Å². The van der Waals surface area contributed by atoms with Crippen LogP contribution in [0.2, 0.25) is 0 Å². The number of rotatable bonds is 5. The summed E-state index contributed by atoms with van der Waals surface area (Å²) in [6.07, 6.45) is 1.47. The van der Waals surface area contributed by atoms with Gasteiger partial charge in [-0.25, -0.2) is 4.79 Å². The Hall–Kier alpha value is -0.770. The Morgan fingerprint density at radius 3 is 2.58 bits per heavy atom. The molecule has 0 radical (unpaired) electrons. The minimum Gasteiger partial charge on any atom is -0.396 e. The van der Waals surface area contributed by atoms with Gasteiger partial charge >= 0.3 is 6.03 Å². The molecule has 0 fully saturated rings. The second-order valence-electron chi connectivity index (χ2n) is 2.87. The number of carbonyl (C=O) groups excluding carboxylic acids is 1. The number of hydrogen-bond donors (Lipinski definition) is 2. The number of amides is 2. The average Bonchev–Trinajstić information content (AvgIpc) is 2.04. The van der Waals surface area contributed by atoms with Crippen molar-refractivity contribution >= 4 is 6.03 Å². The van der Waals surface area contributed by atoms with Gasteiger partial charge < -0.3 is 15.7 Å². The molecule has 0 aromatic rings. The van der Waals surface area contributed by atoms with Crippen molar-refractivity contribution in [3.05, 3.63) is 0 Å². The van der Waals surface area contributed by atoms with Gasteiger partial charge in [0, 0.05) is 19.2 Å². The molecule has 0 heterocycles. The normalized spacial score (nSPS) is 12.6. The number of aliphatic hydroxyl groups is 1. The Kier molecular flexibility index (Phi) is 5.45. The topological polar surface area (TPSA) is 66.6 Å². The van der Waals surface area contributed by atoms with Crippen LogP contribution in [0.15, 0.2) is 0 Å². The van der Waals surface area contributed by atoms with Crippen LogP contribution in [0.5, 0.6) is 0 Å². The number of urea groups is 1. The third-order valence-corrected chi connectivity index (χ3v) is 1.96. The van der Waals surface area contributed by atoms with Crippen LogP contribution in [-0.4, -0.2) is 35.2 Å². The van der Waals surface area contributed by atoms with Crippen LogP contribution < -0.4 is 5.73 Å². The van der Waals surface area contributed by atoms with Crippen molar-refractivity contribution in [2.45, 2.75) is 32.7 Å².